The second-order valence-corrected chi connectivity index (χ2v) is 3.60. The molecule has 2 rings (SSSR count). The minimum atomic E-state index is 0.932. The summed E-state index contributed by atoms with van der Waals surface area (Å²) in [5, 5.41) is 4.49. The Hall–Kier alpha value is -1.35. The van der Waals surface area contributed by atoms with Crippen LogP contribution >= 0.6 is 0 Å². The number of likely N-dealkylation sites (N-methyl/N-ethyl adjacent to an activating group) is 1. The molecule has 0 saturated heterocycles. The van der Waals surface area contributed by atoms with E-state index in [2.05, 4.69) is 47.2 Å². The predicted molar refractivity (Wildman–Crippen MR) is 56.2 cm³/mol. The number of rotatable bonds is 2. The standard InChI is InChI=1S/C11H15N3/c1-10-5-8-13(2)14(10)9-11-3-6-12-7-4-11/h3-7H,8-9H2,1-2H3. The molecule has 0 radical (unpaired) electrons. The highest BCUT2D eigenvalue weighted by Gasteiger charge is 2.16. The first-order valence-electron chi connectivity index (χ1n) is 4.81. The van der Waals surface area contributed by atoms with Crippen molar-refractivity contribution in [2.45, 2.75) is 13.5 Å². The van der Waals surface area contributed by atoms with Crippen molar-refractivity contribution in [1.82, 2.24) is 15.0 Å². The molecule has 0 atom stereocenters. The van der Waals surface area contributed by atoms with E-state index in [1.165, 1.54) is 11.3 Å². The molecule has 0 saturated carbocycles. The molecule has 2 heterocycles. The van der Waals surface area contributed by atoms with Crippen LogP contribution in [0.5, 0.6) is 0 Å². The van der Waals surface area contributed by atoms with Crippen molar-refractivity contribution >= 4 is 0 Å². The lowest BCUT2D eigenvalue weighted by Crippen LogP contribution is -2.32. The number of hydrogen-bond acceptors (Lipinski definition) is 3. The smallest absolute Gasteiger partial charge is 0.0594 e. The lowest BCUT2D eigenvalue weighted by atomic mass is 10.2. The number of pyridine rings is 1. The largest absolute Gasteiger partial charge is 0.306 e. The highest BCUT2D eigenvalue weighted by molar-refractivity contribution is 5.13. The van der Waals surface area contributed by atoms with Gasteiger partial charge in [0.25, 0.3) is 0 Å². The van der Waals surface area contributed by atoms with Crippen LogP contribution in [-0.2, 0) is 6.54 Å². The molecule has 0 unspecified atom stereocenters. The van der Waals surface area contributed by atoms with Crippen molar-refractivity contribution in [3.63, 3.8) is 0 Å². The van der Waals surface area contributed by atoms with E-state index in [-0.39, 0.29) is 0 Å². The van der Waals surface area contributed by atoms with Crippen LogP contribution in [0, 0.1) is 0 Å². The molecule has 0 aromatic carbocycles. The highest BCUT2D eigenvalue weighted by Crippen LogP contribution is 2.17. The fourth-order valence-corrected chi connectivity index (χ4v) is 1.64. The zero-order chi connectivity index (χ0) is 9.97. The van der Waals surface area contributed by atoms with Crippen molar-refractivity contribution in [2.24, 2.45) is 0 Å². The lowest BCUT2D eigenvalue weighted by Gasteiger charge is -2.28. The summed E-state index contributed by atoms with van der Waals surface area (Å²) < 4.78 is 0. The van der Waals surface area contributed by atoms with Crippen molar-refractivity contribution in [3.05, 3.63) is 41.9 Å². The van der Waals surface area contributed by atoms with Crippen LogP contribution in [0.25, 0.3) is 0 Å². The third-order valence-electron chi connectivity index (χ3n) is 2.55. The molecule has 0 fully saturated rings. The van der Waals surface area contributed by atoms with E-state index in [0.717, 1.165) is 13.1 Å². The van der Waals surface area contributed by atoms with Crippen LogP contribution in [-0.4, -0.2) is 28.6 Å². The highest BCUT2D eigenvalue weighted by atomic mass is 15.6. The summed E-state index contributed by atoms with van der Waals surface area (Å²) >= 11 is 0. The van der Waals surface area contributed by atoms with Gasteiger partial charge in [0.1, 0.15) is 0 Å². The first-order valence-corrected chi connectivity index (χ1v) is 4.81. The van der Waals surface area contributed by atoms with Gasteiger partial charge in [-0.15, -0.1) is 0 Å². The minimum absolute atomic E-state index is 0.932. The van der Waals surface area contributed by atoms with Crippen LogP contribution in [0.1, 0.15) is 12.5 Å². The maximum absolute atomic E-state index is 4.01. The van der Waals surface area contributed by atoms with Gasteiger partial charge < -0.3 is 5.01 Å². The number of hydrazine groups is 1. The zero-order valence-electron chi connectivity index (χ0n) is 8.64. The molecular weight excluding hydrogens is 174 g/mol. The van der Waals surface area contributed by atoms with Crippen LogP contribution < -0.4 is 0 Å². The summed E-state index contributed by atoms with van der Waals surface area (Å²) in [6.45, 7) is 4.09. The van der Waals surface area contributed by atoms with E-state index >= 15 is 0 Å². The number of nitrogens with zero attached hydrogens (tertiary/aromatic N) is 3. The summed E-state index contributed by atoms with van der Waals surface area (Å²) in [6, 6.07) is 4.11. The molecule has 0 spiro atoms. The van der Waals surface area contributed by atoms with Crippen molar-refractivity contribution < 1.29 is 0 Å². The Morgan fingerprint density at radius 1 is 1.36 bits per heavy atom. The Labute approximate surface area is 84.6 Å². The maximum atomic E-state index is 4.01. The van der Waals surface area contributed by atoms with E-state index in [1.54, 1.807) is 0 Å². The molecule has 14 heavy (non-hydrogen) atoms. The van der Waals surface area contributed by atoms with E-state index in [1.807, 2.05) is 12.4 Å². The van der Waals surface area contributed by atoms with E-state index < -0.39 is 0 Å². The Morgan fingerprint density at radius 3 is 2.64 bits per heavy atom. The van der Waals surface area contributed by atoms with Gasteiger partial charge in [0.05, 0.1) is 6.54 Å². The first kappa shape index (κ1) is 9.21. The van der Waals surface area contributed by atoms with Crippen LogP contribution in [0.4, 0.5) is 0 Å². The minimum Gasteiger partial charge on any atom is -0.306 e. The van der Waals surface area contributed by atoms with Crippen molar-refractivity contribution in [3.8, 4) is 0 Å². The molecule has 0 aliphatic carbocycles. The van der Waals surface area contributed by atoms with Gasteiger partial charge in [0.15, 0.2) is 0 Å². The molecule has 1 aromatic heterocycles. The molecule has 1 aliphatic heterocycles. The molecule has 0 N–H and O–H groups in total. The van der Waals surface area contributed by atoms with E-state index in [4.69, 9.17) is 0 Å². The third-order valence-corrected chi connectivity index (χ3v) is 2.55. The Kier molecular flexibility index (Phi) is 2.50. The van der Waals surface area contributed by atoms with Crippen LogP contribution in [0.3, 0.4) is 0 Å². The Bertz CT molecular complexity index is 332. The van der Waals surface area contributed by atoms with E-state index in [0.29, 0.717) is 0 Å². The molecule has 3 heteroatoms. The van der Waals surface area contributed by atoms with Gasteiger partial charge in [0.2, 0.25) is 0 Å². The van der Waals surface area contributed by atoms with Gasteiger partial charge in [-0.3, -0.25) is 4.98 Å². The fraction of sp³-hybridized carbons (Fsp3) is 0.364. The fourth-order valence-electron chi connectivity index (χ4n) is 1.64. The second kappa shape index (κ2) is 3.80. The van der Waals surface area contributed by atoms with Gasteiger partial charge in [-0.05, 0) is 30.7 Å². The normalized spacial score (nSPS) is 17.3. The van der Waals surface area contributed by atoms with Gasteiger partial charge >= 0.3 is 0 Å². The van der Waals surface area contributed by atoms with Crippen molar-refractivity contribution in [1.29, 1.82) is 0 Å². The number of aromatic nitrogens is 1. The Morgan fingerprint density at radius 2 is 2.07 bits per heavy atom. The molecule has 3 nitrogen and oxygen atoms in total. The SMILES string of the molecule is CC1=CCN(C)N1Cc1ccncc1. The molecule has 74 valence electrons. The lowest BCUT2D eigenvalue weighted by molar-refractivity contribution is 0.0620. The molecular formula is C11H15N3. The monoisotopic (exact) mass is 189 g/mol. The van der Waals surface area contributed by atoms with Crippen molar-refractivity contribution in [2.75, 3.05) is 13.6 Å². The first-order chi connectivity index (χ1) is 6.77. The molecule has 1 aromatic rings. The van der Waals surface area contributed by atoms with E-state index in [9.17, 15) is 0 Å². The van der Waals surface area contributed by atoms with Crippen LogP contribution in [0.15, 0.2) is 36.3 Å². The summed E-state index contributed by atoms with van der Waals surface area (Å²) in [6.07, 6.45) is 5.91. The number of hydrogen-bond donors (Lipinski definition) is 0. The summed E-state index contributed by atoms with van der Waals surface area (Å²) in [5.74, 6) is 0. The summed E-state index contributed by atoms with van der Waals surface area (Å²) in [5.41, 5.74) is 2.62. The van der Waals surface area contributed by atoms with Crippen LogP contribution in [0.2, 0.25) is 0 Å². The quantitative estimate of drug-likeness (QED) is 0.705. The average molecular weight is 189 g/mol. The molecule has 0 bridgehead atoms. The number of allylic oxidation sites excluding steroid dienone is 1. The second-order valence-electron chi connectivity index (χ2n) is 3.60. The van der Waals surface area contributed by atoms with Gasteiger partial charge in [-0.25, -0.2) is 5.01 Å². The van der Waals surface area contributed by atoms with Gasteiger partial charge in [0, 0.05) is 31.7 Å². The summed E-state index contributed by atoms with van der Waals surface area (Å²) in [4.78, 5) is 4.01. The summed E-state index contributed by atoms with van der Waals surface area (Å²) in [7, 11) is 2.11. The zero-order valence-corrected chi connectivity index (χ0v) is 8.64. The predicted octanol–water partition coefficient (Wildman–Crippen LogP) is 1.65. The molecule has 0 amide bonds. The topological polar surface area (TPSA) is 19.4 Å². The average Bonchev–Trinajstić information content (AvgIpc) is 2.51. The Balaban J connectivity index is 2.08. The maximum Gasteiger partial charge on any atom is 0.0594 e. The molecule has 1 aliphatic rings. The van der Waals surface area contributed by atoms with Gasteiger partial charge in [-0.1, -0.05) is 0 Å². The third kappa shape index (κ3) is 1.77. The van der Waals surface area contributed by atoms with Gasteiger partial charge in [-0.2, -0.15) is 0 Å².